The van der Waals surface area contributed by atoms with E-state index in [4.69, 9.17) is 0 Å². The summed E-state index contributed by atoms with van der Waals surface area (Å²) in [5, 5.41) is 2.60. The molecule has 1 atom stereocenters. The molecule has 0 radical (unpaired) electrons. The van der Waals surface area contributed by atoms with Gasteiger partial charge in [0.2, 0.25) is 21.8 Å². The van der Waals surface area contributed by atoms with Crippen molar-refractivity contribution >= 4 is 27.5 Å². The van der Waals surface area contributed by atoms with Crippen molar-refractivity contribution in [3.05, 3.63) is 65.2 Å². The average molecular weight is 446 g/mol. The Morgan fingerprint density at radius 2 is 1.68 bits per heavy atom. The zero-order chi connectivity index (χ0) is 23.2. The first kappa shape index (κ1) is 24.4. The number of rotatable bonds is 9. The van der Waals surface area contributed by atoms with Crippen LogP contribution in [0.15, 0.2) is 48.5 Å². The Morgan fingerprint density at radius 3 is 2.23 bits per heavy atom. The molecule has 168 valence electrons. The molecule has 0 bridgehead atoms. The average Bonchev–Trinajstić information content (AvgIpc) is 2.73. The fourth-order valence-corrected chi connectivity index (χ4v) is 4.37. The predicted molar refractivity (Wildman–Crippen MR) is 123 cm³/mol. The second-order valence-electron chi connectivity index (χ2n) is 7.53. The third kappa shape index (κ3) is 6.07. The summed E-state index contributed by atoms with van der Waals surface area (Å²) in [7, 11) is -2.21. The molecule has 0 aliphatic heterocycles. The molecule has 0 spiro atoms. The zero-order valence-electron chi connectivity index (χ0n) is 18.8. The van der Waals surface area contributed by atoms with Gasteiger partial charge in [0.15, 0.2) is 0 Å². The molecule has 0 aromatic heterocycles. The van der Waals surface area contributed by atoms with Gasteiger partial charge in [-0.3, -0.25) is 13.9 Å². The highest BCUT2D eigenvalue weighted by Crippen LogP contribution is 2.25. The standard InChI is InChI=1S/C23H31N3O4S/c1-6-20(23(28)24-4)25(15-19-12-8-7-9-13-19)22(27)16-26(31(5,29)30)21-14-10-11-17(2)18(21)3/h7-14,20H,6,15-16H2,1-5H3,(H,24,28). The van der Waals surface area contributed by atoms with E-state index in [1.807, 2.05) is 57.2 Å². The Labute approximate surface area is 185 Å². The van der Waals surface area contributed by atoms with Crippen LogP contribution in [0.3, 0.4) is 0 Å². The molecule has 8 heteroatoms. The summed E-state index contributed by atoms with van der Waals surface area (Å²) in [6.07, 6.45) is 1.49. The van der Waals surface area contributed by atoms with Crippen LogP contribution in [-0.2, 0) is 26.2 Å². The number of sulfonamides is 1. The van der Waals surface area contributed by atoms with Crippen LogP contribution >= 0.6 is 0 Å². The Balaban J connectivity index is 2.45. The van der Waals surface area contributed by atoms with Crippen molar-refractivity contribution in [1.29, 1.82) is 0 Å². The molecule has 0 saturated carbocycles. The van der Waals surface area contributed by atoms with Crippen LogP contribution in [0.2, 0.25) is 0 Å². The van der Waals surface area contributed by atoms with E-state index in [-0.39, 0.29) is 19.0 Å². The number of carbonyl (C=O) groups is 2. The lowest BCUT2D eigenvalue weighted by Gasteiger charge is -2.33. The smallest absolute Gasteiger partial charge is 0.244 e. The molecule has 2 aromatic rings. The number of aryl methyl sites for hydroxylation is 1. The maximum atomic E-state index is 13.4. The monoisotopic (exact) mass is 445 g/mol. The van der Waals surface area contributed by atoms with E-state index in [1.54, 1.807) is 12.1 Å². The lowest BCUT2D eigenvalue weighted by Crippen LogP contribution is -2.51. The number of amides is 2. The number of carbonyl (C=O) groups excluding carboxylic acids is 2. The van der Waals surface area contributed by atoms with Crippen molar-refractivity contribution in [3.63, 3.8) is 0 Å². The van der Waals surface area contributed by atoms with E-state index in [1.165, 1.54) is 11.9 Å². The number of benzene rings is 2. The van der Waals surface area contributed by atoms with Crippen LogP contribution in [0, 0.1) is 13.8 Å². The van der Waals surface area contributed by atoms with Gasteiger partial charge in [-0.25, -0.2) is 8.42 Å². The van der Waals surface area contributed by atoms with Crippen LogP contribution in [0.4, 0.5) is 5.69 Å². The van der Waals surface area contributed by atoms with E-state index in [9.17, 15) is 18.0 Å². The van der Waals surface area contributed by atoms with Crippen LogP contribution < -0.4 is 9.62 Å². The maximum absolute atomic E-state index is 13.4. The first-order valence-corrected chi connectivity index (χ1v) is 12.0. The summed E-state index contributed by atoms with van der Waals surface area (Å²) in [4.78, 5) is 27.4. The van der Waals surface area contributed by atoms with Crippen molar-refractivity contribution < 1.29 is 18.0 Å². The lowest BCUT2D eigenvalue weighted by atomic mass is 10.1. The molecule has 1 N–H and O–H groups in total. The van der Waals surface area contributed by atoms with Crippen molar-refractivity contribution in [3.8, 4) is 0 Å². The Morgan fingerprint density at radius 1 is 1.03 bits per heavy atom. The van der Waals surface area contributed by atoms with Gasteiger partial charge in [-0.05, 0) is 43.0 Å². The molecule has 0 saturated heterocycles. The third-order valence-corrected chi connectivity index (χ3v) is 6.48. The predicted octanol–water partition coefficient (Wildman–Crippen LogP) is 2.62. The van der Waals surface area contributed by atoms with E-state index < -0.39 is 22.0 Å². The van der Waals surface area contributed by atoms with Crippen LogP contribution in [0.25, 0.3) is 0 Å². The number of likely N-dealkylation sites (N-methyl/N-ethyl adjacent to an activating group) is 1. The number of nitrogens with one attached hydrogen (secondary N) is 1. The lowest BCUT2D eigenvalue weighted by molar-refractivity contribution is -0.140. The summed E-state index contributed by atoms with van der Waals surface area (Å²) >= 11 is 0. The Bertz CT molecular complexity index is 1020. The topological polar surface area (TPSA) is 86.8 Å². The van der Waals surface area contributed by atoms with Gasteiger partial charge in [0.1, 0.15) is 12.6 Å². The van der Waals surface area contributed by atoms with Crippen LogP contribution in [0.5, 0.6) is 0 Å². The molecule has 7 nitrogen and oxygen atoms in total. The quantitative estimate of drug-likeness (QED) is 0.643. The molecule has 0 fully saturated rings. The van der Waals surface area contributed by atoms with Crippen LogP contribution in [-0.4, -0.2) is 51.0 Å². The summed E-state index contributed by atoms with van der Waals surface area (Å²) in [6, 6.07) is 14.0. The second-order valence-corrected chi connectivity index (χ2v) is 9.44. The van der Waals surface area contributed by atoms with E-state index >= 15 is 0 Å². The third-order valence-electron chi connectivity index (χ3n) is 5.35. The number of nitrogens with zero attached hydrogens (tertiary/aromatic N) is 2. The normalized spacial score (nSPS) is 12.2. The molecular weight excluding hydrogens is 414 g/mol. The molecule has 2 amide bonds. The molecule has 31 heavy (non-hydrogen) atoms. The minimum atomic E-state index is -3.73. The van der Waals surface area contributed by atoms with Crippen LogP contribution in [0.1, 0.15) is 30.0 Å². The van der Waals surface area contributed by atoms with Gasteiger partial charge in [0.25, 0.3) is 0 Å². The Hall–Kier alpha value is -2.87. The van der Waals surface area contributed by atoms with Gasteiger partial charge < -0.3 is 10.2 Å². The minimum absolute atomic E-state index is 0.204. The van der Waals surface area contributed by atoms with Crippen molar-refractivity contribution in [1.82, 2.24) is 10.2 Å². The summed E-state index contributed by atoms with van der Waals surface area (Å²) in [6.45, 7) is 5.36. The van der Waals surface area contributed by atoms with E-state index in [2.05, 4.69) is 5.32 Å². The minimum Gasteiger partial charge on any atom is -0.357 e. The van der Waals surface area contributed by atoms with Crippen molar-refractivity contribution in [2.45, 2.75) is 39.8 Å². The summed E-state index contributed by atoms with van der Waals surface area (Å²) in [5.74, 6) is -0.727. The Kier molecular flexibility index (Phi) is 8.21. The molecule has 0 heterocycles. The first-order valence-electron chi connectivity index (χ1n) is 10.2. The van der Waals surface area contributed by atoms with E-state index in [0.29, 0.717) is 12.1 Å². The fourth-order valence-electron chi connectivity index (χ4n) is 3.47. The summed E-state index contributed by atoms with van der Waals surface area (Å²) < 4.78 is 26.4. The molecule has 2 rings (SSSR count). The highest BCUT2D eigenvalue weighted by molar-refractivity contribution is 7.92. The second kappa shape index (κ2) is 10.4. The van der Waals surface area contributed by atoms with Crippen molar-refractivity contribution in [2.75, 3.05) is 24.2 Å². The highest BCUT2D eigenvalue weighted by atomic mass is 32.2. The highest BCUT2D eigenvalue weighted by Gasteiger charge is 2.31. The zero-order valence-corrected chi connectivity index (χ0v) is 19.6. The van der Waals surface area contributed by atoms with Gasteiger partial charge >= 0.3 is 0 Å². The van der Waals surface area contributed by atoms with Gasteiger partial charge in [-0.1, -0.05) is 49.4 Å². The number of anilines is 1. The largest absolute Gasteiger partial charge is 0.357 e. The molecule has 0 aliphatic carbocycles. The number of hydrogen-bond donors (Lipinski definition) is 1. The molecule has 2 aromatic carbocycles. The molecular formula is C23H31N3O4S. The van der Waals surface area contributed by atoms with Gasteiger partial charge in [-0.2, -0.15) is 0 Å². The first-order chi connectivity index (χ1) is 14.6. The fraction of sp³-hybridized carbons (Fsp3) is 0.391. The van der Waals surface area contributed by atoms with E-state index in [0.717, 1.165) is 27.3 Å². The summed E-state index contributed by atoms with van der Waals surface area (Å²) in [5.41, 5.74) is 3.03. The molecule has 1 unspecified atom stereocenters. The SMILES string of the molecule is CCC(C(=O)NC)N(Cc1ccccc1)C(=O)CN(c1cccc(C)c1C)S(C)(=O)=O. The number of hydrogen-bond acceptors (Lipinski definition) is 4. The van der Waals surface area contributed by atoms with Gasteiger partial charge in [0.05, 0.1) is 11.9 Å². The van der Waals surface area contributed by atoms with Gasteiger partial charge in [-0.15, -0.1) is 0 Å². The van der Waals surface area contributed by atoms with Gasteiger partial charge in [0, 0.05) is 13.6 Å². The maximum Gasteiger partial charge on any atom is 0.244 e. The van der Waals surface area contributed by atoms with Crippen molar-refractivity contribution in [2.24, 2.45) is 0 Å². The molecule has 0 aliphatic rings.